The molecule has 0 heterocycles. The Labute approximate surface area is 108 Å². The molecule has 0 aliphatic rings. The molecule has 0 saturated heterocycles. The number of carbonyl (C=O) groups is 1. The molecule has 0 aromatic heterocycles. The van der Waals surface area contributed by atoms with Gasteiger partial charge < -0.3 is 14.2 Å². The highest BCUT2D eigenvalue weighted by Gasteiger charge is 2.16. The molecule has 0 unspecified atom stereocenters. The van der Waals surface area contributed by atoms with Gasteiger partial charge in [-0.2, -0.15) is 0 Å². The maximum atomic E-state index is 11.2. The Morgan fingerprint density at radius 2 is 1.78 bits per heavy atom. The van der Waals surface area contributed by atoms with E-state index in [2.05, 4.69) is 4.74 Å². The Hall–Kier alpha value is -1.55. The minimum Gasteiger partial charge on any atom is -0.493 e. The fourth-order valence-electron chi connectivity index (χ4n) is 1.32. The zero-order chi connectivity index (χ0) is 13.6. The van der Waals surface area contributed by atoms with Crippen molar-refractivity contribution in [1.82, 2.24) is 0 Å². The van der Waals surface area contributed by atoms with Crippen LogP contribution in [-0.2, 0) is 9.47 Å². The first-order chi connectivity index (χ1) is 8.48. The molecule has 0 amide bonds. The van der Waals surface area contributed by atoms with Gasteiger partial charge in [-0.15, -0.1) is 0 Å². The molecule has 0 fully saturated rings. The van der Waals surface area contributed by atoms with Crippen molar-refractivity contribution in [3.63, 3.8) is 0 Å². The number of methoxy groups -OCH3 is 2. The van der Waals surface area contributed by atoms with Gasteiger partial charge in [-0.25, -0.2) is 4.79 Å². The van der Waals surface area contributed by atoms with E-state index in [1.807, 2.05) is 13.8 Å². The minimum absolute atomic E-state index is 0.189. The van der Waals surface area contributed by atoms with Crippen LogP contribution in [0.15, 0.2) is 24.3 Å². The van der Waals surface area contributed by atoms with E-state index in [1.54, 1.807) is 31.4 Å². The molecule has 0 spiro atoms. The van der Waals surface area contributed by atoms with Gasteiger partial charge in [0.05, 0.1) is 24.9 Å². The average molecular weight is 252 g/mol. The number of hydrogen-bond donors (Lipinski definition) is 0. The molecule has 1 aromatic carbocycles. The van der Waals surface area contributed by atoms with Crippen molar-refractivity contribution in [2.45, 2.75) is 25.9 Å². The highest BCUT2D eigenvalue weighted by atomic mass is 16.5. The third kappa shape index (κ3) is 4.37. The van der Waals surface area contributed by atoms with Gasteiger partial charge in [-0.05, 0) is 38.1 Å². The maximum absolute atomic E-state index is 11.2. The molecular formula is C14H20O4. The third-order valence-corrected chi connectivity index (χ3v) is 2.80. The van der Waals surface area contributed by atoms with E-state index in [4.69, 9.17) is 9.47 Å². The van der Waals surface area contributed by atoms with Crippen molar-refractivity contribution < 1.29 is 19.0 Å². The molecule has 0 aliphatic heterocycles. The predicted molar refractivity (Wildman–Crippen MR) is 69.0 cm³/mol. The summed E-state index contributed by atoms with van der Waals surface area (Å²) in [5.74, 6) is 0.386. The summed E-state index contributed by atoms with van der Waals surface area (Å²) in [5.41, 5.74) is 0.327. The summed E-state index contributed by atoms with van der Waals surface area (Å²) in [6.45, 7) is 4.59. The molecule has 4 heteroatoms. The SMILES string of the molecule is COC(=O)c1ccc(OCCC(C)(C)OC)cc1. The summed E-state index contributed by atoms with van der Waals surface area (Å²) in [5, 5.41) is 0. The van der Waals surface area contributed by atoms with Crippen molar-refractivity contribution in [2.24, 2.45) is 0 Å². The van der Waals surface area contributed by atoms with Gasteiger partial charge in [0.25, 0.3) is 0 Å². The molecule has 18 heavy (non-hydrogen) atoms. The molecular weight excluding hydrogens is 232 g/mol. The van der Waals surface area contributed by atoms with Gasteiger partial charge >= 0.3 is 5.97 Å². The molecule has 0 atom stereocenters. The molecule has 1 aromatic rings. The lowest BCUT2D eigenvalue weighted by Crippen LogP contribution is -2.25. The van der Waals surface area contributed by atoms with Crippen LogP contribution >= 0.6 is 0 Å². The largest absolute Gasteiger partial charge is 0.493 e. The van der Waals surface area contributed by atoms with Gasteiger partial charge in [-0.1, -0.05) is 0 Å². The Morgan fingerprint density at radius 1 is 1.17 bits per heavy atom. The van der Waals surface area contributed by atoms with Crippen LogP contribution in [0.5, 0.6) is 5.75 Å². The first-order valence-electron chi connectivity index (χ1n) is 5.85. The smallest absolute Gasteiger partial charge is 0.337 e. The first kappa shape index (κ1) is 14.5. The topological polar surface area (TPSA) is 44.8 Å². The van der Waals surface area contributed by atoms with E-state index in [0.29, 0.717) is 12.2 Å². The summed E-state index contributed by atoms with van der Waals surface area (Å²) in [6, 6.07) is 6.88. The van der Waals surface area contributed by atoms with Crippen molar-refractivity contribution in [3.05, 3.63) is 29.8 Å². The second kappa shape index (κ2) is 6.40. The Balaban J connectivity index is 2.47. The zero-order valence-corrected chi connectivity index (χ0v) is 11.4. The van der Waals surface area contributed by atoms with Gasteiger partial charge in [0.2, 0.25) is 0 Å². The fraction of sp³-hybridized carbons (Fsp3) is 0.500. The van der Waals surface area contributed by atoms with Gasteiger partial charge in [0, 0.05) is 13.5 Å². The summed E-state index contributed by atoms with van der Waals surface area (Å²) < 4.78 is 15.5. The lowest BCUT2D eigenvalue weighted by molar-refractivity contribution is 0.00546. The van der Waals surface area contributed by atoms with Crippen LogP contribution in [0, 0.1) is 0 Å². The molecule has 100 valence electrons. The second-order valence-electron chi connectivity index (χ2n) is 4.58. The van der Waals surface area contributed by atoms with Crippen LogP contribution < -0.4 is 4.74 Å². The van der Waals surface area contributed by atoms with E-state index < -0.39 is 0 Å². The Bertz CT molecular complexity index is 381. The van der Waals surface area contributed by atoms with Crippen LogP contribution in [0.3, 0.4) is 0 Å². The molecule has 0 radical (unpaired) electrons. The molecule has 0 N–H and O–H groups in total. The normalized spacial score (nSPS) is 11.1. The van der Waals surface area contributed by atoms with Crippen LogP contribution in [0.1, 0.15) is 30.6 Å². The number of benzene rings is 1. The molecule has 0 aliphatic carbocycles. The van der Waals surface area contributed by atoms with Crippen LogP contribution in [0.25, 0.3) is 0 Å². The van der Waals surface area contributed by atoms with E-state index in [-0.39, 0.29) is 11.6 Å². The number of esters is 1. The van der Waals surface area contributed by atoms with Gasteiger partial charge in [0.15, 0.2) is 0 Å². The number of carbonyl (C=O) groups excluding carboxylic acids is 1. The summed E-state index contributed by atoms with van der Waals surface area (Å²) in [4.78, 5) is 11.2. The number of hydrogen-bond acceptors (Lipinski definition) is 4. The van der Waals surface area contributed by atoms with E-state index in [9.17, 15) is 4.79 Å². The zero-order valence-electron chi connectivity index (χ0n) is 11.4. The lowest BCUT2D eigenvalue weighted by Gasteiger charge is -2.22. The van der Waals surface area contributed by atoms with Crippen molar-refractivity contribution in [3.8, 4) is 5.75 Å². The second-order valence-corrected chi connectivity index (χ2v) is 4.58. The summed E-state index contributed by atoms with van der Waals surface area (Å²) in [6.07, 6.45) is 0.794. The highest BCUT2D eigenvalue weighted by Crippen LogP contribution is 2.16. The van der Waals surface area contributed by atoms with Crippen molar-refractivity contribution in [1.29, 1.82) is 0 Å². The minimum atomic E-state index is -0.345. The van der Waals surface area contributed by atoms with Gasteiger partial charge in [-0.3, -0.25) is 0 Å². The summed E-state index contributed by atoms with van der Waals surface area (Å²) >= 11 is 0. The predicted octanol–water partition coefficient (Wildman–Crippen LogP) is 2.67. The van der Waals surface area contributed by atoms with E-state index in [1.165, 1.54) is 7.11 Å². The molecule has 0 bridgehead atoms. The first-order valence-corrected chi connectivity index (χ1v) is 5.85. The fourth-order valence-corrected chi connectivity index (χ4v) is 1.32. The number of rotatable bonds is 6. The van der Waals surface area contributed by atoms with Gasteiger partial charge in [0.1, 0.15) is 5.75 Å². The standard InChI is InChI=1S/C14H20O4/c1-14(2,17-4)9-10-18-12-7-5-11(6-8-12)13(15)16-3/h5-8H,9-10H2,1-4H3. The number of ether oxygens (including phenoxy) is 3. The quantitative estimate of drug-likeness (QED) is 0.730. The maximum Gasteiger partial charge on any atom is 0.337 e. The Kier molecular flexibility index (Phi) is 5.16. The van der Waals surface area contributed by atoms with Crippen molar-refractivity contribution >= 4 is 5.97 Å². The molecule has 0 saturated carbocycles. The summed E-state index contributed by atoms with van der Waals surface area (Å²) in [7, 11) is 3.05. The lowest BCUT2D eigenvalue weighted by atomic mass is 10.1. The average Bonchev–Trinajstić information content (AvgIpc) is 2.38. The van der Waals surface area contributed by atoms with Crippen molar-refractivity contribution in [2.75, 3.05) is 20.8 Å². The van der Waals surface area contributed by atoms with Crippen LogP contribution in [0.2, 0.25) is 0 Å². The van der Waals surface area contributed by atoms with Crippen LogP contribution in [0.4, 0.5) is 0 Å². The highest BCUT2D eigenvalue weighted by molar-refractivity contribution is 5.89. The molecule has 4 nitrogen and oxygen atoms in total. The third-order valence-electron chi connectivity index (χ3n) is 2.80. The Morgan fingerprint density at radius 3 is 2.28 bits per heavy atom. The van der Waals surface area contributed by atoms with E-state index >= 15 is 0 Å². The van der Waals surface area contributed by atoms with E-state index in [0.717, 1.165) is 12.2 Å². The molecule has 1 rings (SSSR count). The van der Waals surface area contributed by atoms with Crippen LogP contribution in [-0.4, -0.2) is 32.4 Å². The monoisotopic (exact) mass is 252 g/mol.